The van der Waals surface area contributed by atoms with E-state index in [0.717, 1.165) is 41.3 Å². The Morgan fingerprint density at radius 1 is 1.18 bits per heavy atom. The average Bonchev–Trinajstić information content (AvgIpc) is 2.70. The van der Waals surface area contributed by atoms with Crippen molar-refractivity contribution in [2.24, 2.45) is 11.5 Å². The summed E-state index contributed by atoms with van der Waals surface area (Å²) in [7, 11) is 0. The van der Waals surface area contributed by atoms with Crippen molar-refractivity contribution in [1.82, 2.24) is 5.32 Å². The molecular weight excluding hydrogens is 482 g/mol. The quantitative estimate of drug-likeness (QED) is 0.301. The lowest BCUT2D eigenvalue weighted by molar-refractivity contribution is -0.108. The van der Waals surface area contributed by atoms with Crippen LogP contribution in [0.5, 0.6) is 0 Å². The van der Waals surface area contributed by atoms with Crippen molar-refractivity contribution in [2.75, 3.05) is 6.54 Å². The second-order valence-electron chi connectivity index (χ2n) is 7.22. The smallest absolute Gasteiger partial charge is 0.248 e. The molecule has 0 spiro atoms. The predicted molar refractivity (Wildman–Crippen MR) is 147 cm³/mol. The third kappa shape index (κ3) is 37.4. The molecule has 2 amide bonds. The van der Waals surface area contributed by atoms with Gasteiger partial charge in [-0.15, -0.1) is 0 Å². The summed E-state index contributed by atoms with van der Waals surface area (Å²) in [4.78, 5) is 29.1. The number of amides is 2. The second-order valence-corrected chi connectivity index (χ2v) is 8.47. The second kappa shape index (κ2) is 29.8. The summed E-state index contributed by atoms with van der Waals surface area (Å²) in [6.07, 6.45) is 8.66. The molecule has 0 aliphatic heterocycles. The van der Waals surface area contributed by atoms with Gasteiger partial charge in [0.1, 0.15) is 6.29 Å². The number of aryl methyl sites for hydroxylation is 1. The number of benzene rings is 1. The number of hydrogen-bond acceptors (Lipinski definition) is 4. The van der Waals surface area contributed by atoms with Crippen LogP contribution in [0.4, 0.5) is 0 Å². The Balaban J connectivity index is -0.000000203. The number of allylic oxidation sites excluding steroid dienone is 3. The van der Waals surface area contributed by atoms with Crippen LogP contribution in [0.1, 0.15) is 82.3 Å². The summed E-state index contributed by atoms with van der Waals surface area (Å²) in [5, 5.41) is 3.35. The maximum absolute atomic E-state index is 11.1. The zero-order chi connectivity index (χ0) is 26.7. The van der Waals surface area contributed by atoms with Crippen LogP contribution >= 0.6 is 15.9 Å². The molecule has 0 bridgehead atoms. The van der Waals surface area contributed by atoms with Crippen LogP contribution in [0.2, 0.25) is 0 Å². The van der Waals surface area contributed by atoms with Crippen LogP contribution in [0, 0.1) is 6.92 Å². The van der Waals surface area contributed by atoms with E-state index in [1.54, 1.807) is 6.08 Å². The molecule has 7 heteroatoms. The van der Waals surface area contributed by atoms with Gasteiger partial charge in [0.2, 0.25) is 12.3 Å². The third-order valence-corrected chi connectivity index (χ3v) is 3.41. The van der Waals surface area contributed by atoms with E-state index < -0.39 is 0 Å². The van der Waals surface area contributed by atoms with Gasteiger partial charge in [0.05, 0.1) is 0 Å². The number of carbonyl (C=O) groups is 3. The monoisotopic (exact) mass is 527 g/mol. The zero-order valence-corrected chi connectivity index (χ0v) is 23.2. The van der Waals surface area contributed by atoms with Gasteiger partial charge < -0.3 is 21.6 Å². The summed E-state index contributed by atoms with van der Waals surface area (Å²) in [6, 6.07) is 6.27. The van der Waals surface area contributed by atoms with Crippen LogP contribution in [0.25, 0.3) is 0 Å². The number of primary amides is 2. The van der Waals surface area contributed by atoms with Gasteiger partial charge in [-0.2, -0.15) is 0 Å². The Bertz CT molecular complexity index is 656. The fourth-order valence-corrected chi connectivity index (χ4v) is 2.12. The standard InChI is InChI=1S/C13H20N2O.C5H7Br.C4H8O.C3H8.CH3NO/c1-9(2)15-5-4-11-6-10(3)7-12(8-11)13(14)16;1-3-4-5(2)6;1-2-3-4-5;1-3-2;2-1-3/h6-9,15H,4-5H2,1-3H3,(H2,14,16);3-4H,1H2,2H3;4H,2-3H2,1H3;3H2,1-2H3;1H,(H2,2,3)/b;5-4+;;;. The van der Waals surface area contributed by atoms with Crippen LogP contribution in [0.15, 0.2) is 41.4 Å². The highest BCUT2D eigenvalue weighted by Gasteiger charge is 2.03. The largest absolute Gasteiger partial charge is 0.372 e. The van der Waals surface area contributed by atoms with Gasteiger partial charge in [-0.25, -0.2) is 0 Å². The molecule has 0 fully saturated rings. The molecule has 0 aromatic heterocycles. The molecule has 1 aromatic rings. The maximum Gasteiger partial charge on any atom is 0.248 e. The highest BCUT2D eigenvalue weighted by Crippen LogP contribution is 2.09. The summed E-state index contributed by atoms with van der Waals surface area (Å²) < 4.78 is 1.11. The fraction of sp³-hybridized carbons (Fsp3) is 0.500. The number of halogens is 1. The molecule has 0 radical (unpaired) electrons. The van der Waals surface area contributed by atoms with E-state index in [9.17, 15) is 9.59 Å². The molecule has 0 saturated heterocycles. The van der Waals surface area contributed by atoms with Crippen molar-refractivity contribution in [3.8, 4) is 0 Å². The molecule has 0 unspecified atom stereocenters. The highest BCUT2D eigenvalue weighted by atomic mass is 79.9. The van der Waals surface area contributed by atoms with E-state index in [0.29, 0.717) is 18.0 Å². The number of carbonyl (C=O) groups excluding carboxylic acids is 3. The molecular formula is C26H46BrN3O3. The molecule has 0 aliphatic rings. The summed E-state index contributed by atoms with van der Waals surface area (Å²) in [6.45, 7) is 18.8. The van der Waals surface area contributed by atoms with Crippen LogP contribution < -0.4 is 16.8 Å². The lowest BCUT2D eigenvalue weighted by Crippen LogP contribution is -2.25. The van der Waals surface area contributed by atoms with Crippen molar-refractivity contribution in [2.45, 2.75) is 80.2 Å². The lowest BCUT2D eigenvalue weighted by atomic mass is 10.0. The zero-order valence-electron chi connectivity index (χ0n) is 21.6. The molecule has 0 atom stereocenters. The first-order valence-corrected chi connectivity index (χ1v) is 12.0. The average molecular weight is 529 g/mol. The number of nitrogens with one attached hydrogen (secondary N) is 1. The van der Waals surface area contributed by atoms with E-state index in [4.69, 9.17) is 10.5 Å². The summed E-state index contributed by atoms with van der Waals surface area (Å²) in [5.41, 5.74) is 12.3. The number of hydrogen-bond donors (Lipinski definition) is 3. The van der Waals surface area contributed by atoms with Gasteiger partial charge in [-0.05, 0) is 55.4 Å². The first-order valence-electron chi connectivity index (χ1n) is 11.2. The molecule has 1 rings (SSSR count). The summed E-state index contributed by atoms with van der Waals surface area (Å²) >= 11 is 3.22. The normalized spacial score (nSPS) is 9.30. The van der Waals surface area contributed by atoms with Crippen molar-refractivity contribution >= 4 is 34.5 Å². The fourth-order valence-electron chi connectivity index (χ4n) is 1.93. The van der Waals surface area contributed by atoms with Crippen molar-refractivity contribution in [1.29, 1.82) is 0 Å². The minimum absolute atomic E-state index is 0.250. The van der Waals surface area contributed by atoms with Gasteiger partial charge in [0, 0.05) is 18.0 Å². The van der Waals surface area contributed by atoms with Crippen LogP contribution in [-0.4, -0.2) is 31.2 Å². The Labute approximate surface area is 210 Å². The molecule has 0 heterocycles. The Kier molecular flexibility index (Phi) is 34.3. The van der Waals surface area contributed by atoms with Gasteiger partial charge >= 0.3 is 0 Å². The predicted octanol–water partition coefficient (Wildman–Crippen LogP) is 5.61. The Hall–Kier alpha value is -2.25. The molecule has 0 aliphatic carbocycles. The Morgan fingerprint density at radius 3 is 1.97 bits per heavy atom. The lowest BCUT2D eigenvalue weighted by Gasteiger charge is -2.09. The van der Waals surface area contributed by atoms with Gasteiger partial charge in [0.25, 0.3) is 0 Å². The molecule has 5 N–H and O–H groups in total. The minimum atomic E-state index is -0.359. The van der Waals surface area contributed by atoms with Crippen LogP contribution in [-0.2, 0) is 16.0 Å². The Morgan fingerprint density at radius 2 is 1.70 bits per heavy atom. The maximum atomic E-state index is 11.1. The highest BCUT2D eigenvalue weighted by molar-refractivity contribution is 9.11. The molecule has 190 valence electrons. The first kappa shape index (κ1) is 38.0. The van der Waals surface area contributed by atoms with Gasteiger partial charge in [0.15, 0.2) is 0 Å². The van der Waals surface area contributed by atoms with E-state index in [2.05, 4.69) is 67.3 Å². The van der Waals surface area contributed by atoms with Crippen molar-refractivity contribution in [3.63, 3.8) is 0 Å². The van der Waals surface area contributed by atoms with Gasteiger partial charge in [-0.3, -0.25) is 9.59 Å². The van der Waals surface area contributed by atoms with Crippen molar-refractivity contribution in [3.05, 3.63) is 58.1 Å². The van der Waals surface area contributed by atoms with E-state index in [1.807, 2.05) is 39.0 Å². The minimum Gasteiger partial charge on any atom is -0.372 e. The van der Waals surface area contributed by atoms with E-state index in [-0.39, 0.29) is 12.3 Å². The SMILES string of the molecule is C=C/C=C(\C)Br.CCC.CCCC=O.Cc1cc(CCNC(C)C)cc(C(N)=O)c1.NC=O. The van der Waals surface area contributed by atoms with E-state index in [1.165, 1.54) is 6.42 Å². The number of rotatable bonds is 8. The number of nitrogens with two attached hydrogens (primary N) is 2. The van der Waals surface area contributed by atoms with Crippen LogP contribution in [0.3, 0.4) is 0 Å². The first-order chi connectivity index (χ1) is 15.5. The molecule has 0 saturated carbocycles. The topological polar surface area (TPSA) is 115 Å². The van der Waals surface area contributed by atoms with Gasteiger partial charge in [-0.1, -0.05) is 87.3 Å². The van der Waals surface area contributed by atoms with E-state index >= 15 is 0 Å². The molecule has 33 heavy (non-hydrogen) atoms. The molecule has 1 aromatic carbocycles. The molecule has 6 nitrogen and oxygen atoms in total. The number of aldehydes is 1. The third-order valence-electron chi connectivity index (χ3n) is 3.14. The number of unbranched alkanes of at least 4 members (excludes halogenated alkanes) is 1. The van der Waals surface area contributed by atoms with Crippen molar-refractivity contribution < 1.29 is 14.4 Å². The summed E-state index contributed by atoms with van der Waals surface area (Å²) in [5.74, 6) is -0.359.